The second-order valence-corrected chi connectivity index (χ2v) is 3.88. The number of hydrogen-bond acceptors (Lipinski definition) is 4. The average molecular weight is 195 g/mol. The van der Waals surface area contributed by atoms with Gasteiger partial charge in [0.25, 0.3) is 0 Å². The lowest BCUT2D eigenvalue weighted by atomic mass is 10.2. The molecule has 1 aliphatic rings. The molecule has 1 aromatic heterocycles. The highest BCUT2D eigenvalue weighted by atomic mass is 15.3. The number of nitrogens with one attached hydrogen (secondary N) is 1. The molecule has 14 heavy (non-hydrogen) atoms. The Morgan fingerprint density at radius 1 is 1.64 bits per heavy atom. The SMILES string of the molecule is C[C@@H]1CNCCN1Cc1nncn1C. The Hall–Kier alpha value is -0.940. The van der Waals surface area contributed by atoms with E-state index in [1.165, 1.54) is 0 Å². The van der Waals surface area contributed by atoms with Crippen LogP contribution in [0.15, 0.2) is 6.33 Å². The number of hydrogen-bond donors (Lipinski definition) is 1. The number of rotatable bonds is 2. The van der Waals surface area contributed by atoms with E-state index >= 15 is 0 Å². The fraction of sp³-hybridized carbons (Fsp3) is 0.778. The Labute approximate surface area is 84.1 Å². The van der Waals surface area contributed by atoms with Crippen molar-refractivity contribution < 1.29 is 0 Å². The molecule has 0 amide bonds. The van der Waals surface area contributed by atoms with E-state index in [1.54, 1.807) is 6.33 Å². The molecule has 0 aromatic carbocycles. The minimum atomic E-state index is 0.584. The van der Waals surface area contributed by atoms with Crippen LogP contribution in [0.2, 0.25) is 0 Å². The first-order chi connectivity index (χ1) is 6.77. The number of nitrogens with zero attached hydrogens (tertiary/aromatic N) is 4. The smallest absolute Gasteiger partial charge is 0.146 e. The third kappa shape index (κ3) is 1.93. The summed E-state index contributed by atoms with van der Waals surface area (Å²) in [4.78, 5) is 2.43. The summed E-state index contributed by atoms with van der Waals surface area (Å²) in [6.07, 6.45) is 1.75. The van der Waals surface area contributed by atoms with Crippen LogP contribution in [0.25, 0.3) is 0 Å². The molecule has 0 spiro atoms. The molecule has 2 heterocycles. The molecular weight excluding hydrogens is 178 g/mol. The van der Waals surface area contributed by atoms with Gasteiger partial charge in [-0.25, -0.2) is 0 Å². The lowest BCUT2D eigenvalue weighted by Crippen LogP contribution is -2.49. The maximum atomic E-state index is 4.10. The molecule has 0 saturated carbocycles. The molecule has 5 nitrogen and oxygen atoms in total. The minimum absolute atomic E-state index is 0.584. The van der Waals surface area contributed by atoms with Gasteiger partial charge in [0.05, 0.1) is 6.54 Å². The zero-order valence-corrected chi connectivity index (χ0v) is 8.77. The van der Waals surface area contributed by atoms with Crippen LogP contribution in [0.5, 0.6) is 0 Å². The molecule has 1 aromatic rings. The van der Waals surface area contributed by atoms with Gasteiger partial charge in [-0.15, -0.1) is 10.2 Å². The van der Waals surface area contributed by atoms with Crippen LogP contribution in [0.4, 0.5) is 0 Å². The summed E-state index contributed by atoms with van der Waals surface area (Å²) >= 11 is 0. The Balaban J connectivity index is 1.99. The lowest BCUT2D eigenvalue weighted by Gasteiger charge is -2.33. The fourth-order valence-electron chi connectivity index (χ4n) is 1.75. The summed E-state index contributed by atoms with van der Waals surface area (Å²) in [5.41, 5.74) is 0. The van der Waals surface area contributed by atoms with E-state index in [1.807, 2.05) is 11.6 Å². The van der Waals surface area contributed by atoms with Gasteiger partial charge in [-0.1, -0.05) is 0 Å². The van der Waals surface area contributed by atoms with Crippen molar-refractivity contribution in [2.45, 2.75) is 19.5 Å². The molecule has 1 atom stereocenters. The van der Waals surface area contributed by atoms with E-state index in [4.69, 9.17) is 0 Å². The van der Waals surface area contributed by atoms with Gasteiger partial charge in [-0.2, -0.15) is 0 Å². The van der Waals surface area contributed by atoms with Gasteiger partial charge in [0, 0.05) is 32.7 Å². The van der Waals surface area contributed by atoms with Crippen molar-refractivity contribution >= 4 is 0 Å². The molecule has 1 fully saturated rings. The zero-order chi connectivity index (χ0) is 9.97. The Morgan fingerprint density at radius 2 is 2.50 bits per heavy atom. The van der Waals surface area contributed by atoms with Gasteiger partial charge in [0.15, 0.2) is 0 Å². The van der Waals surface area contributed by atoms with E-state index in [-0.39, 0.29) is 0 Å². The second-order valence-electron chi connectivity index (χ2n) is 3.88. The van der Waals surface area contributed by atoms with Crippen LogP contribution >= 0.6 is 0 Å². The van der Waals surface area contributed by atoms with Crippen LogP contribution < -0.4 is 5.32 Å². The van der Waals surface area contributed by atoms with Crippen LogP contribution in [-0.2, 0) is 13.6 Å². The number of aryl methyl sites for hydroxylation is 1. The van der Waals surface area contributed by atoms with E-state index in [9.17, 15) is 0 Å². The number of piperazine rings is 1. The highest BCUT2D eigenvalue weighted by molar-refractivity contribution is 4.87. The van der Waals surface area contributed by atoms with E-state index in [2.05, 4.69) is 27.3 Å². The van der Waals surface area contributed by atoms with Crippen molar-refractivity contribution in [3.63, 3.8) is 0 Å². The minimum Gasteiger partial charge on any atom is -0.320 e. The Morgan fingerprint density at radius 3 is 3.14 bits per heavy atom. The highest BCUT2D eigenvalue weighted by Gasteiger charge is 2.19. The van der Waals surface area contributed by atoms with Crippen molar-refractivity contribution in [1.82, 2.24) is 25.0 Å². The van der Waals surface area contributed by atoms with Gasteiger partial charge in [-0.05, 0) is 6.92 Å². The topological polar surface area (TPSA) is 46.0 Å². The molecule has 0 aliphatic carbocycles. The summed E-state index contributed by atoms with van der Waals surface area (Å²) in [7, 11) is 1.99. The molecule has 0 radical (unpaired) electrons. The average Bonchev–Trinajstić information content (AvgIpc) is 2.56. The fourth-order valence-corrected chi connectivity index (χ4v) is 1.75. The third-order valence-corrected chi connectivity index (χ3v) is 2.79. The standard InChI is InChI=1S/C9H17N5/c1-8-5-10-3-4-14(8)6-9-12-11-7-13(9)2/h7-8,10H,3-6H2,1-2H3/t8-/m1/s1. The first-order valence-corrected chi connectivity index (χ1v) is 5.05. The predicted octanol–water partition coefficient (Wildman–Crippen LogP) is -0.391. The van der Waals surface area contributed by atoms with Gasteiger partial charge >= 0.3 is 0 Å². The van der Waals surface area contributed by atoms with Crippen LogP contribution in [0.3, 0.4) is 0 Å². The summed E-state index contributed by atoms with van der Waals surface area (Å²) in [5.74, 6) is 1.04. The van der Waals surface area contributed by atoms with E-state index in [0.29, 0.717) is 6.04 Å². The van der Waals surface area contributed by atoms with E-state index < -0.39 is 0 Å². The monoisotopic (exact) mass is 195 g/mol. The predicted molar refractivity (Wildman–Crippen MR) is 53.7 cm³/mol. The van der Waals surface area contributed by atoms with Crippen molar-refractivity contribution in [2.24, 2.45) is 7.05 Å². The van der Waals surface area contributed by atoms with Crippen molar-refractivity contribution in [3.8, 4) is 0 Å². The zero-order valence-electron chi connectivity index (χ0n) is 8.77. The number of aromatic nitrogens is 3. The van der Waals surface area contributed by atoms with Crippen LogP contribution in [0, 0.1) is 0 Å². The van der Waals surface area contributed by atoms with Crippen LogP contribution in [0.1, 0.15) is 12.7 Å². The summed E-state index contributed by atoms with van der Waals surface area (Å²) in [5, 5.41) is 11.4. The lowest BCUT2D eigenvalue weighted by molar-refractivity contribution is 0.160. The molecule has 5 heteroatoms. The Bertz CT molecular complexity index is 295. The molecule has 0 unspecified atom stereocenters. The normalized spacial score (nSPS) is 24.0. The maximum Gasteiger partial charge on any atom is 0.146 e. The molecule has 1 saturated heterocycles. The van der Waals surface area contributed by atoms with Gasteiger partial charge in [-0.3, -0.25) is 4.90 Å². The van der Waals surface area contributed by atoms with Gasteiger partial charge in [0.1, 0.15) is 12.2 Å². The third-order valence-electron chi connectivity index (χ3n) is 2.79. The second kappa shape index (κ2) is 4.06. The summed E-state index contributed by atoms with van der Waals surface area (Å²) in [6.45, 7) is 6.37. The molecular formula is C9H17N5. The maximum absolute atomic E-state index is 4.10. The molecule has 2 rings (SSSR count). The Kier molecular flexibility index (Phi) is 2.79. The first kappa shape index (κ1) is 9.61. The van der Waals surface area contributed by atoms with Gasteiger partial charge in [0.2, 0.25) is 0 Å². The van der Waals surface area contributed by atoms with Crippen LogP contribution in [-0.4, -0.2) is 45.3 Å². The first-order valence-electron chi connectivity index (χ1n) is 5.05. The molecule has 1 N–H and O–H groups in total. The highest BCUT2D eigenvalue weighted by Crippen LogP contribution is 2.06. The van der Waals surface area contributed by atoms with Crippen molar-refractivity contribution in [2.75, 3.05) is 19.6 Å². The summed E-state index contributed by atoms with van der Waals surface area (Å²) < 4.78 is 1.98. The molecule has 0 bridgehead atoms. The summed E-state index contributed by atoms with van der Waals surface area (Å²) in [6, 6.07) is 0.584. The van der Waals surface area contributed by atoms with E-state index in [0.717, 1.165) is 32.0 Å². The largest absolute Gasteiger partial charge is 0.320 e. The quantitative estimate of drug-likeness (QED) is 0.698. The molecule has 1 aliphatic heterocycles. The van der Waals surface area contributed by atoms with Crippen molar-refractivity contribution in [3.05, 3.63) is 12.2 Å². The van der Waals surface area contributed by atoms with Gasteiger partial charge < -0.3 is 9.88 Å². The molecule has 78 valence electrons. The van der Waals surface area contributed by atoms with Crippen molar-refractivity contribution in [1.29, 1.82) is 0 Å².